The first kappa shape index (κ1) is 11.8. The number of carbonyl (C=O) groups is 1. The number of aliphatic hydroxyl groups is 1. The molecule has 1 rings (SSSR count). The number of aliphatic hydroxyl groups excluding tert-OH is 1. The number of carboxylic acids is 1. The van der Waals surface area contributed by atoms with Crippen LogP contribution in [-0.2, 0) is 0 Å². The highest BCUT2D eigenvalue weighted by Gasteiger charge is 2.12. The Morgan fingerprint density at radius 1 is 1.53 bits per heavy atom. The molecule has 2 N–H and O–H groups in total. The van der Waals surface area contributed by atoms with Crippen molar-refractivity contribution < 1.29 is 15.0 Å². The van der Waals surface area contributed by atoms with Gasteiger partial charge in [-0.3, -0.25) is 0 Å². The zero-order chi connectivity index (χ0) is 11.3. The van der Waals surface area contributed by atoms with Crippen molar-refractivity contribution in [3.63, 3.8) is 0 Å². The van der Waals surface area contributed by atoms with Crippen LogP contribution in [0.25, 0.3) is 0 Å². The molecule has 1 atom stereocenters. The fourth-order valence-corrected chi connectivity index (χ4v) is 2.01. The molecule has 4 heteroatoms. The van der Waals surface area contributed by atoms with E-state index in [9.17, 15) is 4.79 Å². The number of hydrogen-bond donors (Lipinski definition) is 2. The first-order chi connectivity index (χ1) is 7.19. The second-order valence-corrected chi connectivity index (χ2v) is 4.16. The van der Waals surface area contributed by atoms with Gasteiger partial charge in [0.2, 0.25) is 0 Å². The molecule has 15 heavy (non-hydrogen) atoms. The van der Waals surface area contributed by atoms with E-state index >= 15 is 0 Å². The van der Waals surface area contributed by atoms with Crippen LogP contribution in [0.4, 0.5) is 0 Å². The molecule has 3 nitrogen and oxygen atoms in total. The summed E-state index contributed by atoms with van der Waals surface area (Å²) in [5, 5.41) is 17.7. The third-order valence-corrected chi connectivity index (χ3v) is 3.09. The highest BCUT2D eigenvalue weighted by Crippen LogP contribution is 2.27. The van der Waals surface area contributed by atoms with E-state index in [2.05, 4.69) is 6.58 Å². The maximum Gasteiger partial charge on any atom is 0.336 e. The summed E-state index contributed by atoms with van der Waals surface area (Å²) in [6, 6.07) is 6.71. The molecule has 80 valence electrons. The van der Waals surface area contributed by atoms with Crippen LogP contribution in [0.2, 0.25) is 0 Å². The van der Waals surface area contributed by atoms with Gasteiger partial charge in [0.05, 0.1) is 17.4 Å². The molecule has 0 radical (unpaired) electrons. The number of hydrogen-bond acceptors (Lipinski definition) is 3. The summed E-state index contributed by atoms with van der Waals surface area (Å²) in [5.74, 6) is -0.959. The van der Waals surface area contributed by atoms with Crippen LogP contribution in [0.5, 0.6) is 0 Å². The predicted octanol–water partition coefficient (Wildman–Crippen LogP) is 2.02. The van der Waals surface area contributed by atoms with E-state index in [4.69, 9.17) is 10.2 Å². The van der Waals surface area contributed by atoms with Crippen molar-refractivity contribution in [1.29, 1.82) is 0 Å². The first-order valence-electron chi connectivity index (χ1n) is 4.41. The molecule has 0 fully saturated rings. The lowest BCUT2D eigenvalue weighted by Crippen LogP contribution is -2.06. The summed E-state index contributed by atoms with van der Waals surface area (Å²) < 4.78 is 0. The molecule has 0 heterocycles. The first-order valence-corrected chi connectivity index (χ1v) is 5.29. The summed E-state index contributed by atoms with van der Waals surface area (Å²) in [4.78, 5) is 11.5. The Labute approximate surface area is 92.4 Å². The third-order valence-electron chi connectivity index (χ3n) is 1.84. The van der Waals surface area contributed by atoms with Crippen LogP contribution >= 0.6 is 11.8 Å². The van der Waals surface area contributed by atoms with Crippen LogP contribution < -0.4 is 0 Å². The number of rotatable bonds is 5. The summed E-state index contributed by atoms with van der Waals surface area (Å²) in [6.45, 7) is 3.52. The highest BCUT2D eigenvalue weighted by molar-refractivity contribution is 8.00. The van der Waals surface area contributed by atoms with Gasteiger partial charge in [0.15, 0.2) is 0 Å². The van der Waals surface area contributed by atoms with Crippen molar-refractivity contribution in [3.05, 3.63) is 42.5 Å². The van der Waals surface area contributed by atoms with Crippen molar-refractivity contribution in [1.82, 2.24) is 0 Å². The minimum absolute atomic E-state index is 0.0535. The fraction of sp³-hybridized carbons (Fsp3) is 0.182. The van der Waals surface area contributed by atoms with Gasteiger partial charge in [-0.1, -0.05) is 18.2 Å². The number of aromatic carboxylic acids is 1. The van der Waals surface area contributed by atoms with E-state index in [1.54, 1.807) is 30.3 Å². The summed E-state index contributed by atoms with van der Waals surface area (Å²) >= 11 is 1.29. The van der Waals surface area contributed by atoms with E-state index in [0.717, 1.165) is 0 Å². The Kier molecular flexibility index (Phi) is 4.39. The molecule has 0 saturated heterocycles. The Hall–Kier alpha value is -1.26. The SMILES string of the molecule is C=CC(CO)Sc1ccccc1C(=O)O. The fourth-order valence-electron chi connectivity index (χ4n) is 1.07. The van der Waals surface area contributed by atoms with Gasteiger partial charge < -0.3 is 10.2 Å². The number of thioether (sulfide) groups is 1. The molecule has 0 bridgehead atoms. The van der Waals surface area contributed by atoms with Crippen LogP contribution in [0.3, 0.4) is 0 Å². The third kappa shape index (κ3) is 3.11. The zero-order valence-corrected chi connectivity index (χ0v) is 8.91. The molecule has 1 unspecified atom stereocenters. The minimum Gasteiger partial charge on any atom is -0.478 e. The quantitative estimate of drug-likeness (QED) is 0.593. The molecule has 0 spiro atoms. The Morgan fingerprint density at radius 2 is 2.20 bits per heavy atom. The molecule has 0 saturated carbocycles. The van der Waals surface area contributed by atoms with Crippen molar-refractivity contribution in [2.45, 2.75) is 10.1 Å². The average molecular weight is 224 g/mol. The van der Waals surface area contributed by atoms with E-state index in [1.807, 2.05) is 0 Å². The molecule has 0 aliphatic heterocycles. The van der Waals surface area contributed by atoms with Gasteiger partial charge in [-0.2, -0.15) is 0 Å². The van der Waals surface area contributed by atoms with Gasteiger partial charge in [0.25, 0.3) is 0 Å². The molecule has 1 aromatic carbocycles. The van der Waals surface area contributed by atoms with E-state index in [-0.39, 0.29) is 17.4 Å². The van der Waals surface area contributed by atoms with E-state index in [1.165, 1.54) is 11.8 Å². The van der Waals surface area contributed by atoms with Crippen molar-refractivity contribution in [2.75, 3.05) is 6.61 Å². The monoisotopic (exact) mass is 224 g/mol. The summed E-state index contributed by atoms with van der Waals surface area (Å²) in [7, 11) is 0. The highest BCUT2D eigenvalue weighted by atomic mass is 32.2. The van der Waals surface area contributed by atoms with Gasteiger partial charge in [-0.05, 0) is 12.1 Å². The maximum atomic E-state index is 10.9. The summed E-state index contributed by atoms with van der Waals surface area (Å²) in [6.07, 6.45) is 1.60. The van der Waals surface area contributed by atoms with E-state index in [0.29, 0.717) is 4.90 Å². The van der Waals surface area contributed by atoms with E-state index < -0.39 is 5.97 Å². The van der Waals surface area contributed by atoms with Crippen LogP contribution in [0.15, 0.2) is 41.8 Å². The number of carboxylic acid groups (broad SMARTS) is 1. The standard InChI is InChI=1S/C11H12O3S/c1-2-8(7-12)15-10-6-4-3-5-9(10)11(13)14/h2-6,8,12H,1,7H2,(H,13,14). The normalized spacial score (nSPS) is 12.1. The van der Waals surface area contributed by atoms with Gasteiger partial charge in [0, 0.05) is 4.90 Å². The number of benzene rings is 1. The lowest BCUT2D eigenvalue weighted by Gasteiger charge is -2.10. The molecular formula is C11H12O3S. The Morgan fingerprint density at radius 3 is 2.73 bits per heavy atom. The molecular weight excluding hydrogens is 212 g/mol. The smallest absolute Gasteiger partial charge is 0.336 e. The lowest BCUT2D eigenvalue weighted by atomic mass is 10.2. The van der Waals surface area contributed by atoms with Crippen molar-refractivity contribution in [3.8, 4) is 0 Å². The molecule has 0 amide bonds. The zero-order valence-electron chi connectivity index (χ0n) is 8.09. The Balaban J connectivity index is 2.93. The molecule has 0 aromatic heterocycles. The van der Waals surface area contributed by atoms with Crippen molar-refractivity contribution >= 4 is 17.7 Å². The minimum atomic E-state index is -0.959. The van der Waals surface area contributed by atoms with Gasteiger partial charge in [0.1, 0.15) is 0 Å². The van der Waals surface area contributed by atoms with Gasteiger partial charge in [-0.25, -0.2) is 4.79 Å². The maximum absolute atomic E-state index is 10.9. The van der Waals surface area contributed by atoms with Gasteiger partial charge in [-0.15, -0.1) is 18.3 Å². The molecule has 1 aromatic rings. The lowest BCUT2D eigenvalue weighted by molar-refractivity contribution is 0.0693. The van der Waals surface area contributed by atoms with Crippen LogP contribution in [0, 0.1) is 0 Å². The van der Waals surface area contributed by atoms with Crippen LogP contribution in [0.1, 0.15) is 10.4 Å². The topological polar surface area (TPSA) is 57.5 Å². The van der Waals surface area contributed by atoms with Gasteiger partial charge >= 0.3 is 5.97 Å². The van der Waals surface area contributed by atoms with Crippen LogP contribution in [-0.4, -0.2) is 28.0 Å². The Bertz CT molecular complexity index is 363. The second kappa shape index (κ2) is 5.58. The largest absolute Gasteiger partial charge is 0.478 e. The average Bonchev–Trinajstić information content (AvgIpc) is 2.26. The summed E-state index contributed by atoms with van der Waals surface area (Å²) in [5.41, 5.74) is 0.253. The molecule has 0 aliphatic rings. The van der Waals surface area contributed by atoms with Crippen molar-refractivity contribution in [2.24, 2.45) is 0 Å². The predicted molar refractivity (Wildman–Crippen MR) is 60.3 cm³/mol. The second-order valence-electron chi connectivity index (χ2n) is 2.88. The molecule has 0 aliphatic carbocycles.